The summed E-state index contributed by atoms with van der Waals surface area (Å²) in [6.07, 6.45) is 0.343. The zero-order valence-corrected chi connectivity index (χ0v) is 14.8. The predicted molar refractivity (Wildman–Crippen MR) is 96.5 cm³/mol. The normalized spacial score (nSPS) is 13.4. The topological polar surface area (TPSA) is 112 Å². The summed E-state index contributed by atoms with van der Waals surface area (Å²) in [7, 11) is 0. The van der Waals surface area contributed by atoms with Gasteiger partial charge in [0, 0.05) is 17.7 Å². The van der Waals surface area contributed by atoms with E-state index in [1.807, 2.05) is 0 Å². The molecule has 0 fully saturated rings. The average molecular weight is 392 g/mol. The number of hydrogen-bond donors (Lipinski definition) is 1. The summed E-state index contributed by atoms with van der Waals surface area (Å²) in [6.45, 7) is 1.57. The summed E-state index contributed by atoms with van der Waals surface area (Å²) in [5.41, 5.74) is 2.59. The van der Waals surface area contributed by atoms with Crippen molar-refractivity contribution in [1.82, 2.24) is 5.43 Å². The van der Waals surface area contributed by atoms with Gasteiger partial charge in [0.05, 0.1) is 16.2 Å². The van der Waals surface area contributed by atoms with Crippen LogP contribution in [0.5, 0.6) is 17.2 Å². The van der Waals surface area contributed by atoms with E-state index in [0.29, 0.717) is 22.1 Å². The van der Waals surface area contributed by atoms with E-state index in [4.69, 9.17) is 25.8 Å². The lowest BCUT2D eigenvalue weighted by Crippen LogP contribution is -2.33. The Labute approximate surface area is 158 Å². The molecule has 0 saturated carbocycles. The van der Waals surface area contributed by atoms with Gasteiger partial charge in [-0.1, -0.05) is 23.7 Å². The number of nitrogens with one attached hydrogen (secondary N) is 1. The van der Waals surface area contributed by atoms with Crippen LogP contribution in [0.4, 0.5) is 5.69 Å². The first-order valence-electron chi connectivity index (χ1n) is 7.78. The van der Waals surface area contributed by atoms with E-state index in [2.05, 4.69) is 10.5 Å². The molecule has 3 rings (SSSR count). The molecule has 1 aliphatic heterocycles. The minimum Gasteiger partial charge on any atom is -0.474 e. The zero-order chi connectivity index (χ0) is 19.4. The number of hydrazone groups is 1. The second-order valence-electron chi connectivity index (χ2n) is 5.45. The van der Waals surface area contributed by atoms with Crippen LogP contribution in [-0.4, -0.2) is 29.9 Å². The summed E-state index contributed by atoms with van der Waals surface area (Å²) in [4.78, 5) is 22.5. The quantitative estimate of drug-likeness (QED) is 0.460. The summed E-state index contributed by atoms with van der Waals surface area (Å²) < 4.78 is 15.8. The molecule has 1 aliphatic rings. The highest BCUT2D eigenvalue weighted by atomic mass is 35.5. The predicted octanol–water partition coefficient (Wildman–Crippen LogP) is 2.89. The number of benzene rings is 2. The molecule has 0 aliphatic carbocycles. The SMILES string of the molecule is CC(Oc1ccccc1[N+](=O)[O-])C(=O)NN=Cc1cc2c(cc1Cl)OCO2. The number of halogens is 1. The Morgan fingerprint density at radius 1 is 1.37 bits per heavy atom. The fourth-order valence-corrected chi connectivity index (χ4v) is 2.44. The van der Waals surface area contributed by atoms with Crippen molar-refractivity contribution in [3.63, 3.8) is 0 Å². The molecule has 0 spiro atoms. The van der Waals surface area contributed by atoms with Crippen molar-refractivity contribution in [2.24, 2.45) is 5.10 Å². The first kappa shape index (κ1) is 18.5. The first-order chi connectivity index (χ1) is 13.0. The Morgan fingerprint density at radius 3 is 2.81 bits per heavy atom. The van der Waals surface area contributed by atoms with Gasteiger partial charge < -0.3 is 14.2 Å². The van der Waals surface area contributed by atoms with E-state index in [-0.39, 0.29) is 18.2 Å². The average Bonchev–Trinajstić information content (AvgIpc) is 3.09. The lowest BCUT2D eigenvalue weighted by molar-refractivity contribution is -0.386. The highest BCUT2D eigenvalue weighted by molar-refractivity contribution is 6.33. The van der Waals surface area contributed by atoms with Gasteiger partial charge in [-0.25, -0.2) is 5.43 Å². The van der Waals surface area contributed by atoms with Gasteiger partial charge in [0.25, 0.3) is 5.91 Å². The lowest BCUT2D eigenvalue weighted by Gasteiger charge is -2.12. The van der Waals surface area contributed by atoms with Crippen molar-refractivity contribution < 1.29 is 23.9 Å². The number of amides is 1. The number of hydrogen-bond acceptors (Lipinski definition) is 7. The fraction of sp³-hybridized carbons (Fsp3) is 0.176. The van der Waals surface area contributed by atoms with Gasteiger partial charge in [0.15, 0.2) is 23.4 Å². The number of rotatable bonds is 6. The second-order valence-corrected chi connectivity index (χ2v) is 5.85. The van der Waals surface area contributed by atoms with Gasteiger partial charge >= 0.3 is 5.69 Å². The number of fused-ring (bicyclic) bond motifs is 1. The summed E-state index contributed by atoms with van der Waals surface area (Å²) in [5.74, 6) is 0.474. The number of carbonyl (C=O) groups excluding carboxylic acids is 1. The van der Waals surface area contributed by atoms with E-state index in [0.717, 1.165) is 0 Å². The van der Waals surface area contributed by atoms with E-state index >= 15 is 0 Å². The molecule has 1 amide bonds. The largest absolute Gasteiger partial charge is 0.474 e. The second kappa shape index (κ2) is 7.92. The molecule has 0 radical (unpaired) electrons. The smallest absolute Gasteiger partial charge is 0.310 e. The van der Waals surface area contributed by atoms with Crippen molar-refractivity contribution in [2.45, 2.75) is 13.0 Å². The Hall–Kier alpha value is -3.33. The van der Waals surface area contributed by atoms with Crippen molar-refractivity contribution in [2.75, 3.05) is 6.79 Å². The Morgan fingerprint density at radius 2 is 2.07 bits per heavy atom. The number of nitro benzene ring substituents is 1. The third-order valence-electron chi connectivity index (χ3n) is 3.61. The molecule has 2 aromatic rings. The molecule has 27 heavy (non-hydrogen) atoms. The van der Waals surface area contributed by atoms with E-state index in [9.17, 15) is 14.9 Å². The van der Waals surface area contributed by atoms with Gasteiger partial charge in [-0.05, 0) is 19.1 Å². The van der Waals surface area contributed by atoms with Crippen LogP contribution >= 0.6 is 11.6 Å². The van der Waals surface area contributed by atoms with Gasteiger partial charge in [0.2, 0.25) is 6.79 Å². The highest BCUT2D eigenvalue weighted by Gasteiger charge is 2.20. The molecule has 0 bridgehead atoms. The van der Waals surface area contributed by atoms with Gasteiger partial charge in [-0.2, -0.15) is 5.10 Å². The van der Waals surface area contributed by atoms with E-state index in [1.165, 1.54) is 31.3 Å². The minimum atomic E-state index is -1.00. The van der Waals surface area contributed by atoms with Gasteiger partial charge in [-0.15, -0.1) is 0 Å². The number of ether oxygens (including phenoxy) is 3. The van der Waals surface area contributed by atoms with Gasteiger partial charge in [0.1, 0.15) is 0 Å². The van der Waals surface area contributed by atoms with Crippen LogP contribution < -0.4 is 19.6 Å². The van der Waals surface area contributed by atoms with Crippen molar-refractivity contribution >= 4 is 29.4 Å². The molecular weight excluding hydrogens is 378 g/mol. The Balaban J connectivity index is 1.62. The fourth-order valence-electron chi connectivity index (χ4n) is 2.24. The summed E-state index contributed by atoms with van der Waals surface area (Å²) in [6, 6.07) is 9.01. The van der Waals surface area contributed by atoms with Crippen LogP contribution in [0.2, 0.25) is 5.02 Å². The summed E-state index contributed by atoms with van der Waals surface area (Å²) in [5, 5.41) is 15.2. The van der Waals surface area contributed by atoms with Gasteiger partial charge in [-0.3, -0.25) is 14.9 Å². The lowest BCUT2D eigenvalue weighted by atomic mass is 10.2. The van der Waals surface area contributed by atoms with E-state index < -0.39 is 16.9 Å². The van der Waals surface area contributed by atoms with Crippen LogP contribution in [0, 0.1) is 10.1 Å². The summed E-state index contributed by atoms with van der Waals surface area (Å²) >= 11 is 6.11. The maximum absolute atomic E-state index is 12.1. The van der Waals surface area contributed by atoms with Crippen molar-refractivity contribution in [1.29, 1.82) is 0 Å². The Kier molecular flexibility index (Phi) is 5.41. The third kappa shape index (κ3) is 4.26. The maximum Gasteiger partial charge on any atom is 0.310 e. The van der Waals surface area contributed by atoms with Crippen molar-refractivity contribution in [3.05, 3.63) is 57.1 Å². The van der Waals surface area contributed by atoms with Crippen LogP contribution in [0.1, 0.15) is 12.5 Å². The minimum absolute atomic E-state index is 0.00653. The molecule has 140 valence electrons. The third-order valence-corrected chi connectivity index (χ3v) is 3.93. The number of nitro groups is 1. The molecule has 1 unspecified atom stereocenters. The van der Waals surface area contributed by atoms with Crippen molar-refractivity contribution in [3.8, 4) is 17.2 Å². The monoisotopic (exact) mass is 391 g/mol. The molecule has 0 aromatic heterocycles. The van der Waals surface area contributed by atoms with Crippen LogP contribution in [-0.2, 0) is 4.79 Å². The zero-order valence-electron chi connectivity index (χ0n) is 14.0. The molecule has 9 nitrogen and oxygen atoms in total. The molecule has 2 aromatic carbocycles. The first-order valence-corrected chi connectivity index (χ1v) is 8.15. The molecule has 1 N–H and O–H groups in total. The van der Waals surface area contributed by atoms with Crippen LogP contribution in [0.3, 0.4) is 0 Å². The number of nitrogens with zero attached hydrogens (tertiary/aromatic N) is 2. The van der Waals surface area contributed by atoms with Crippen LogP contribution in [0.25, 0.3) is 0 Å². The molecule has 1 heterocycles. The van der Waals surface area contributed by atoms with Crippen LogP contribution in [0.15, 0.2) is 41.5 Å². The molecule has 0 saturated heterocycles. The highest BCUT2D eigenvalue weighted by Crippen LogP contribution is 2.36. The molecule has 1 atom stereocenters. The Bertz CT molecular complexity index is 918. The molecule has 10 heteroatoms. The molecular formula is C17H14ClN3O6. The van der Waals surface area contributed by atoms with E-state index in [1.54, 1.807) is 18.2 Å². The number of carbonyl (C=O) groups is 1. The maximum atomic E-state index is 12.1. The number of para-hydroxylation sites is 2. The standard InChI is InChI=1S/C17H14ClN3O6/c1-10(27-14-5-3-2-4-13(14)21(23)24)17(22)20-19-8-11-6-15-16(7-12(11)18)26-9-25-15/h2-8,10H,9H2,1H3,(H,20,22).